The summed E-state index contributed by atoms with van der Waals surface area (Å²) in [4.78, 5) is 12.1. The average Bonchev–Trinajstić information content (AvgIpc) is 2.61. The second kappa shape index (κ2) is 9.55. The molecule has 146 valence electrons. The van der Waals surface area contributed by atoms with Gasteiger partial charge in [-0.15, -0.1) is 0 Å². The Morgan fingerprint density at radius 3 is 2.69 bits per heavy atom. The van der Waals surface area contributed by atoms with E-state index in [0.717, 1.165) is 31.4 Å². The number of fused-ring (bicyclic) bond motifs is 1. The van der Waals surface area contributed by atoms with Crippen molar-refractivity contribution in [2.45, 2.75) is 60.0 Å². The molecule has 2 aliphatic carbocycles. The van der Waals surface area contributed by atoms with Gasteiger partial charge in [-0.25, -0.2) is 0 Å². The van der Waals surface area contributed by atoms with E-state index < -0.39 is 0 Å². The Bertz CT molecular complexity index is 563. The Morgan fingerprint density at radius 2 is 2.00 bits per heavy atom. The molecule has 1 fully saturated rings. The number of aliphatic hydroxyl groups is 1. The molecule has 2 aliphatic rings. The second-order valence-electron chi connectivity index (χ2n) is 8.47. The molecule has 0 aromatic rings. The molecule has 0 saturated heterocycles. The minimum atomic E-state index is -0.215. The van der Waals surface area contributed by atoms with Crippen LogP contribution in [0.2, 0.25) is 0 Å². The van der Waals surface area contributed by atoms with Gasteiger partial charge in [0.15, 0.2) is 0 Å². The Balaban J connectivity index is 2.06. The van der Waals surface area contributed by atoms with Gasteiger partial charge >= 0.3 is 0 Å². The molecule has 0 aromatic heterocycles. The largest absolute Gasteiger partial charge is 0.393 e. The van der Waals surface area contributed by atoms with Crippen molar-refractivity contribution in [3.8, 4) is 0 Å². The van der Waals surface area contributed by atoms with Crippen LogP contribution in [0, 0.1) is 35.5 Å². The van der Waals surface area contributed by atoms with Gasteiger partial charge in [-0.2, -0.15) is 0 Å². The number of carbonyl (C=O) groups is 1. The van der Waals surface area contributed by atoms with E-state index >= 15 is 0 Å². The number of aliphatic hydroxyl groups excluding tert-OH is 1. The number of hydrogen-bond acceptors (Lipinski definition) is 2. The molecule has 0 bridgehead atoms. The van der Waals surface area contributed by atoms with Crippen LogP contribution in [0.25, 0.3) is 0 Å². The first-order valence-electron chi connectivity index (χ1n) is 10.4. The van der Waals surface area contributed by atoms with E-state index in [2.05, 4.69) is 51.2 Å². The van der Waals surface area contributed by atoms with Crippen molar-refractivity contribution in [2.75, 3.05) is 6.54 Å². The first-order valence-corrected chi connectivity index (χ1v) is 10.4. The molecule has 3 heteroatoms. The molecule has 0 aliphatic heterocycles. The summed E-state index contributed by atoms with van der Waals surface area (Å²) in [5, 5.41) is 13.5. The third-order valence-electron chi connectivity index (χ3n) is 6.43. The van der Waals surface area contributed by atoms with Gasteiger partial charge in [-0.05, 0) is 55.3 Å². The first kappa shape index (κ1) is 21.0. The van der Waals surface area contributed by atoms with Gasteiger partial charge in [0, 0.05) is 12.1 Å². The maximum absolute atomic E-state index is 12.1. The van der Waals surface area contributed by atoms with Crippen molar-refractivity contribution in [3.05, 3.63) is 36.0 Å². The third-order valence-corrected chi connectivity index (χ3v) is 6.43. The molecule has 0 unspecified atom stereocenters. The van der Waals surface area contributed by atoms with Crippen molar-refractivity contribution in [3.63, 3.8) is 0 Å². The van der Waals surface area contributed by atoms with E-state index in [-0.39, 0.29) is 12.0 Å². The van der Waals surface area contributed by atoms with Crippen LogP contribution in [0.15, 0.2) is 36.0 Å². The summed E-state index contributed by atoms with van der Waals surface area (Å²) in [5.74, 6) is 2.59. The summed E-state index contributed by atoms with van der Waals surface area (Å²) in [6.07, 6.45) is 13.9. The van der Waals surface area contributed by atoms with Gasteiger partial charge < -0.3 is 10.4 Å². The van der Waals surface area contributed by atoms with E-state index in [1.165, 1.54) is 0 Å². The van der Waals surface area contributed by atoms with Gasteiger partial charge in [0.1, 0.15) is 0 Å². The topological polar surface area (TPSA) is 49.3 Å². The molecule has 0 radical (unpaired) electrons. The van der Waals surface area contributed by atoms with Crippen LogP contribution in [0.5, 0.6) is 0 Å². The van der Waals surface area contributed by atoms with Gasteiger partial charge in [0.05, 0.1) is 6.10 Å². The van der Waals surface area contributed by atoms with Crippen molar-refractivity contribution in [1.82, 2.24) is 5.32 Å². The van der Waals surface area contributed by atoms with Crippen molar-refractivity contribution >= 4 is 5.91 Å². The minimum Gasteiger partial charge on any atom is -0.393 e. The number of hydrogen-bond donors (Lipinski definition) is 2. The Morgan fingerprint density at radius 1 is 1.27 bits per heavy atom. The van der Waals surface area contributed by atoms with E-state index in [0.29, 0.717) is 35.5 Å². The van der Waals surface area contributed by atoms with Crippen LogP contribution in [0.3, 0.4) is 0 Å². The lowest BCUT2D eigenvalue weighted by Crippen LogP contribution is -2.46. The van der Waals surface area contributed by atoms with E-state index in [4.69, 9.17) is 0 Å². The number of carbonyl (C=O) groups excluding carboxylic acids is 1. The highest BCUT2D eigenvalue weighted by Crippen LogP contribution is 2.48. The van der Waals surface area contributed by atoms with Crippen molar-refractivity contribution in [1.29, 1.82) is 0 Å². The van der Waals surface area contributed by atoms with E-state index in [1.54, 1.807) is 0 Å². The summed E-state index contributed by atoms with van der Waals surface area (Å²) in [6.45, 7) is 11.4. The average molecular weight is 360 g/mol. The summed E-state index contributed by atoms with van der Waals surface area (Å²) in [7, 11) is 0. The monoisotopic (exact) mass is 359 g/mol. The zero-order chi connectivity index (χ0) is 19.3. The third kappa shape index (κ3) is 4.88. The predicted octanol–water partition coefficient (Wildman–Crippen LogP) is 4.50. The maximum atomic E-state index is 12.1. The molecule has 2 rings (SSSR count). The van der Waals surface area contributed by atoms with Crippen LogP contribution in [0.4, 0.5) is 0 Å². The lowest BCUT2D eigenvalue weighted by molar-refractivity contribution is -0.117. The highest BCUT2D eigenvalue weighted by atomic mass is 16.3. The summed E-state index contributed by atoms with van der Waals surface area (Å²) in [5.41, 5.74) is 0.748. The number of allylic oxidation sites excluding steroid dienone is 5. The summed E-state index contributed by atoms with van der Waals surface area (Å²) in [6, 6.07) is 0. The van der Waals surface area contributed by atoms with Crippen LogP contribution in [-0.2, 0) is 4.79 Å². The molecular formula is C23H37NO2. The van der Waals surface area contributed by atoms with Gasteiger partial charge in [0.2, 0.25) is 5.91 Å². The van der Waals surface area contributed by atoms with Crippen molar-refractivity contribution < 1.29 is 9.90 Å². The maximum Gasteiger partial charge on any atom is 0.246 e. The van der Waals surface area contributed by atoms with Crippen LogP contribution in [-0.4, -0.2) is 23.7 Å². The van der Waals surface area contributed by atoms with Gasteiger partial charge in [-0.1, -0.05) is 64.5 Å². The fourth-order valence-electron chi connectivity index (χ4n) is 4.73. The van der Waals surface area contributed by atoms with Crippen LogP contribution in [0.1, 0.15) is 53.9 Å². The molecule has 0 heterocycles. The predicted molar refractivity (Wildman–Crippen MR) is 109 cm³/mol. The molecule has 0 spiro atoms. The van der Waals surface area contributed by atoms with Gasteiger partial charge in [0.25, 0.3) is 0 Å². The fourth-order valence-corrected chi connectivity index (χ4v) is 4.73. The quantitative estimate of drug-likeness (QED) is 0.317. The first-order chi connectivity index (χ1) is 12.4. The molecule has 26 heavy (non-hydrogen) atoms. The lowest BCUT2D eigenvalue weighted by atomic mass is 9.58. The standard InChI is InChI=1S/C23H37NO2/c1-6-7-13-24-23(26)16(3)9-8-10-20-15(2)11-12-19-14-17(4)22(25)18(5)21(19)20/h8-12,15,17-22,25H,6-7,13-14H2,1-5H3,(H,24,26)/b10-8+,16-9+/t15-,17-,18+,19+,20+,21-,22+/m1/s1. The minimum absolute atomic E-state index is 0.0212. The molecule has 7 atom stereocenters. The normalized spacial score (nSPS) is 37.6. The Labute approximate surface area is 159 Å². The molecule has 0 aromatic carbocycles. The van der Waals surface area contributed by atoms with E-state index in [9.17, 15) is 9.90 Å². The van der Waals surface area contributed by atoms with Crippen molar-refractivity contribution in [2.24, 2.45) is 35.5 Å². The number of nitrogens with one attached hydrogen (secondary N) is 1. The Kier molecular flexibility index (Phi) is 7.69. The zero-order valence-electron chi connectivity index (χ0n) is 17.1. The molecule has 1 saturated carbocycles. The fraction of sp³-hybridized carbons (Fsp3) is 0.696. The summed E-state index contributed by atoms with van der Waals surface area (Å²) < 4.78 is 0. The second-order valence-corrected chi connectivity index (χ2v) is 8.47. The Hall–Kier alpha value is -1.35. The number of amides is 1. The molecular weight excluding hydrogens is 322 g/mol. The molecule has 2 N–H and O–H groups in total. The van der Waals surface area contributed by atoms with E-state index in [1.807, 2.05) is 19.1 Å². The van der Waals surface area contributed by atoms with Crippen LogP contribution < -0.4 is 5.32 Å². The molecule has 1 amide bonds. The van der Waals surface area contributed by atoms with Crippen LogP contribution >= 0.6 is 0 Å². The van der Waals surface area contributed by atoms with Gasteiger partial charge in [-0.3, -0.25) is 4.79 Å². The molecule has 3 nitrogen and oxygen atoms in total. The number of rotatable bonds is 6. The smallest absolute Gasteiger partial charge is 0.246 e. The SMILES string of the molecule is CCCCNC(=O)/C(C)=C/C=C/[C@@H]1[C@@H]2[C@H](C)[C@@H](O)[C@H](C)C[C@@H]2C=C[C@H]1C. The highest BCUT2D eigenvalue weighted by Gasteiger charge is 2.44. The highest BCUT2D eigenvalue weighted by molar-refractivity contribution is 5.93. The lowest BCUT2D eigenvalue weighted by Gasteiger charge is -2.48. The zero-order valence-corrected chi connectivity index (χ0v) is 17.1. The summed E-state index contributed by atoms with van der Waals surface area (Å²) >= 11 is 0. The number of unbranched alkanes of at least 4 members (excludes halogenated alkanes) is 1.